The molecule has 0 aliphatic heterocycles. The normalized spacial score (nSPS) is 12.2. The van der Waals surface area contributed by atoms with Crippen molar-refractivity contribution >= 4 is 12.0 Å². The highest BCUT2D eigenvalue weighted by atomic mass is 19.1. The molecule has 2 aromatic carbocycles. The van der Waals surface area contributed by atoms with Crippen LogP contribution in [-0.4, -0.2) is 22.8 Å². The number of carbonyl (C=O) groups excluding carboxylic acids is 2. The van der Waals surface area contributed by atoms with Crippen molar-refractivity contribution in [2.45, 2.75) is 32.4 Å². The highest BCUT2D eigenvalue weighted by molar-refractivity contribution is 5.86. The van der Waals surface area contributed by atoms with Gasteiger partial charge in [0.25, 0.3) is 5.91 Å². The Bertz CT molecular complexity index is 785. The van der Waals surface area contributed by atoms with Crippen LogP contribution < -0.4 is 10.8 Å². The van der Waals surface area contributed by atoms with Crippen molar-refractivity contribution in [3.05, 3.63) is 59.9 Å². The Kier molecular flexibility index (Phi) is 5.94. The molecule has 0 bridgehead atoms. The first kappa shape index (κ1) is 19.4. The first-order valence-corrected chi connectivity index (χ1v) is 7.99. The van der Waals surface area contributed by atoms with Crippen molar-refractivity contribution in [2.24, 2.45) is 0 Å². The van der Waals surface area contributed by atoms with E-state index in [1.165, 1.54) is 17.6 Å². The van der Waals surface area contributed by atoms with E-state index in [-0.39, 0.29) is 5.82 Å². The molecule has 0 saturated carbocycles. The van der Waals surface area contributed by atoms with Crippen LogP contribution in [0.2, 0.25) is 0 Å². The first-order chi connectivity index (χ1) is 12.2. The lowest BCUT2D eigenvalue weighted by atomic mass is 10.0. The van der Waals surface area contributed by atoms with Gasteiger partial charge in [-0.1, -0.05) is 36.4 Å². The van der Waals surface area contributed by atoms with Gasteiger partial charge < -0.3 is 10.1 Å². The highest BCUT2D eigenvalue weighted by Crippen LogP contribution is 2.23. The first-order valence-electron chi connectivity index (χ1n) is 7.99. The van der Waals surface area contributed by atoms with Gasteiger partial charge in [-0.05, 0) is 49.6 Å². The van der Waals surface area contributed by atoms with Gasteiger partial charge in [0.05, 0.1) is 0 Å². The van der Waals surface area contributed by atoms with E-state index in [1.54, 1.807) is 57.2 Å². The van der Waals surface area contributed by atoms with Crippen LogP contribution in [0.1, 0.15) is 32.4 Å². The average Bonchev–Trinajstić information content (AvgIpc) is 2.58. The number of halogens is 1. The molecule has 0 aromatic heterocycles. The summed E-state index contributed by atoms with van der Waals surface area (Å²) in [6.07, 6.45) is -0.791. The molecule has 7 heteroatoms. The van der Waals surface area contributed by atoms with Crippen LogP contribution >= 0.6 is 0 Å². The molecular weight excluding hydrogens is 339 g/mol. The van der Waals surface area contributed by atoms with Crippen LogP contribution in [-0.2, 0) is 9.53 Å². The van der Waals surface area contributed by atoms with E-state index in [2.05, 4.69) is 5.32 Å². The Morgan fingerprint density at radius 3 is 2.27 bits per heavy atom. The molecule has 0 saturated heterocycles. The number of alkyl carbamates (subject to hydrolysis) is 1. The number of hydrogen-bond donors (Lipinski definition) is 3. The molecule has 0 spiro atoms. The minimum absolute atomic E-state index is 0.351. The summed E-state index contributed by atoms with van der Waals surface area (Å²) in [4.78, 5) is 23.9. The summed E-state index contributed by atoms with van der Waals surface area (Å²) >= 11 is 0. The topological polar surface area (TPSA) is 87.7 Å². The van der Waals surface area contributed by atoms with E-state index in [1.807, 2.05) is 0 Å². The Morgan fingerprint density at radius 2 is 1.73 bits per heavy atom. The van der Waals surface area contributed by atoms with Crippen LogP contribution in [0.25, 0.3) is 11.1 Å². The minimum Gasteiger partial charge on any atom is -0.444 e. The van der Waals surface area contributed by atoms with Crippen molar-refractivity contribution < 1.29 is 23.9 Å². The number of rotatable bonds is 4. The van der Waals surface area contributed by atoms with E-state index in [0.29, 0.717) is 11.1 Å². The quantitative estimate of drug-likeness (QED) is 0.575. The van der Waals surface area contributed by atoms with Gasteiger partial charge in [0.2, 0.25) is 0 Å². The van der Waals surface area contributed by atoms with Crippen molar-refractivity contribution in [1.82, 2.24) is 10.8 Å². The second kappa shape index (κ2) is 7.97. The molecule has 0 fully saturated rings. The fraction of sp³-hybridized carbons (Fsp3) is 0.263. The average molecular weight is 360 g/mol. The molecule has 1 atom stereocenters. The Morgan fingerprint density at radius 1 is 1.08 bits per heavy atom. The largest absolute Gasteiger partial charge is 0.444 e. The maximum atomic E-state index is 13.3. The van der Waals surface area contributed by atoms with Crippen LogP contribution in [0.15, 0.2) is 48.5 Å². The van der Waals surface area contributed by atoms with Gasteiger partial charge in [0, 0.05) is 0 Å². The Hall–Kier alpha value is -2.93. The zero-order valence-electron chi connectivity index (χ0n) is 14.7. The van der Waals surface area contributed by atoms with E-state index < -0.39 is 23.6 Å². The second-order valence-electron chi connectivity index (χ2n) is 6.69. The predicted octanol–water partition coefficient (Wildman–Crippen LogP) is 3.56. The van der Waals surface area contributed by atoms with Crippen LogP contribution in [0.4, 0.5) is 9.18 Å². The molecular formula is C19H21FN2O4. The summed E-state index contributed by atoms with van der Waals surface area (Å²) in [5, 5.41) is 11.4. The molecule has 1 unspecified atom stereocenters. The molecule has 0 aliphatic carbocycles. The molecule has 3 N–H and O–H groups in total. The van der Waals surface area contributed by atoms with Gasteiger partial charge in [-0.15, -0.1) is 0 Å². The third-order valence-corrected chi connectivity index (χ3v) is 3.44. The Balaban J connectivity index is 2.23. The molecule has 26 heavy (non-hydrogen) atoms. The standard InChI is InChI=1S/C19H21FN2O4/c1-19(2,3)26-18(24)21-16(17(23)22-25)13-9-7-12(8-10-13)14-5-4-6-15(20)11-14/h4-11,16,25H,1-3H3,(H,21,24)(H,22,23). The lowest BCUT2D eigenvalue weighted by molar-refractivity contribution is -0.131. The molecule has 2 aromatic rings. The van der Waals surface area contributed by atoms with Gasteiger partial charge in [-0.25, -0.2) is 14.7 Å². The van der Waals surface area contributed by atoms with E-state index >= 15 is 0 Å². The van der Waals surface area contributed by atoms with E-state index in [9.17, 15) is 14.0 Å². The number of nitrogens with one attached hydrogen (secondary N) is 2. The van der Waals surface area contributed by atoms with Crippen LogP contribution in [0.3, 0.4) is 0 Å². The summed E-state index contributed by atoms with van der Waals surface area (Å²) in [5.41, 5.74) is 2.65. The van der Waals surface area contributed by atoms with Crippen molar-refractivity contribution in [3.8, 4) is 11.1 Å². The van der Waals surface area contributed by atoms with E-state index in [0.717, 1.165) is 5.56 Å². The third-order valence-electron chi connectivity index (χ3n) is 3.44. The lowest BCUT2D eigenvalue weighted by Gasteiger charge is -2.23. The number of carbonyl (C=O) groups is 2. The number of ether oxygens (including phenoxy) is 1. The number of amides is 2. The summed E-state index contributed by atoms with van der Waals surface area (Å²) < 4.78 is 18.5. The number of hydroxylamine groups is 1. The van der Waals surface area contributed by atoms with Gasteiger partial charge in [0.1, 0.15) is 17.5 Å². The van der Waals surface area contributed by atoms with Crippen LogP contribution in [0.5, 0.6) is 0 Å². The summed E-state index contributed by atoms with van der Waals surface area (Å²) in [6.45, 7) is 5.09. The number of benzene rings is 2. The molecule has 0 heterocycles. The molecule has 0 radical (unpaired) electrons. The fourth-order valence-corrected chi connectivity index (χ4v) is 2.33. The van der Waals surface area contributed by atoms with Gasteiger partial charge in [0.15, 0.2) is 0 Å². The monoisotopic (exact) mass is 360 g/mol. The highest BCUT2D eigenvalue weighted by Gasteiger charge is 2.25. The predicted molar refractivity (Wildman–Crippen MR) is 93.9 cm³/mol. The molecule has 138 valence electrons. The Labute approximate surface area is 150 Å². The smallest absolute Gasteiger partial charge is 0.408 e. The maximum absolute atomic E-state index is 13.3. The third kappa shape index (κ3) is 5.29. The summed E-state index contributed by atoms with van der Waals surface area (Å²) in [7, 11) is 0. The molecule has 2 rings (SSSR count). The van der Waals surface area contributed by atoms with Gasteiger partial charge in [-0.3, -0.25) is 10.0 Å². The lowest BCUT2D eigenvalue weighted by Crippen LogP contribution is -2.41. The minimum atomic E-state index is -1.14. The van der Waals surface area contributed by atoms with Gasteiger partial charge in [-0.2, -0.15) is 0 Å². The van der Waals surface area contributed by atoms with Crippen molar-refractivity contribution in [3.63, 3.8) is 0 Å². The molecule has 0 aliphatic rings. The van der Waals surface area contributed by atoms with Gasteiger partial charge >= 0.3 is 6.09 Å². The van der Waals surface area contributed by atoms with E-state index in [4.69, 9.17) is 9.94 Å². The SMILES string of the molecule is CC(C)(C)OC(=O)NC(C(=O)NO)c1ccc(-c2cccc(F)c2)cc1. The zero-order chi connectivity index (χ0) is 19.3. The van der Waals surface area contributed by atoms with Crippen molar-refractivity contribution in [1.29, 1.82) is 0 Å². The molecule has 6 nitrogen and oxygen atoms in total. The zero-order valence-corrected chi connectivity index (χ0v) is 14.7. The summed E-state index contributed by atoms with van der Waals surface area (Å²) in [5.74, 6) is -1.16. The maximum Gasteiger partial charge on any atom is 0.408 e. The number of hydrogen-bond acceptors (Lipinski definition) is 4. The fourth-order valence-electron chi connectivity index (χ4n) is 2.33. The second-order valence-corrected chi connectivity index (χ2v) is 6.69. The van der Waals surface area contributed by atoms with Crippen molar-refractivity contribution in [2.75, 3.05) is 0 Å². The summed E-state index contributed by atoms with van der Waals surface area (Å²) in [6, 6.07) is 11.6. The molecule has 2 amide bonds. The van der Waals surface area contributed by atoms with Crippen LogP contribution in [0, 0.1) is 5.82 Å².